The first-order valence-electron chi connectivity index (χ1n) is 7.81. The highest BCUT2D eigenvalue weighted by Gasteiger charge is 2.14. The van der Waals surface area contributed by atoms with E-state index in [1.165, 1.54) is 23.5 Å². The third kappa shape index (κ3) is 3.57. The second-order valence-corrected chi connectivity index (χ2v) is 6.48. The molecule has 7 heteroatoms. The number of anilines is 1. The first-order valence-corrected chi connectivity index (χ1v) is 8.63. The highest BCUT2D eigenvalue weighted by atomic mass is 32.1. The van der Waals surface area contributed by atoms with Crippen molar-refractivity contribution < 1.29 is 18.3 Å². The summed E-state index contributed by atoms with van der Waals surface area (Å²) in [4.78, 5) is 16.5. The molecule has 0 aliphatic rings. The smallest absolute Gasteiger partial charge is 0.293 e. The molecule has 0 bridgehead atoms. The SMILES string of the molecule is O=C(Nc1nc2cc(F)ccc2s1)c1ccc(COc2ccccc2)o1. The molecule has 0 spiro atoms. The van der Waals surface area contributed by atoms with Crippen molar-refractivity contribution in [2.24, 2.45) is 0 Å². The maximum absolute atomic E-state index is 13.2. The average Bonchev–Trinajstić information content (AvgIpc) is 3.27. The molecule has 26 heavy (non-hydrogen) atoms. The van der Waals surface area contributed by atoms with E-state index in [0.29, 0.717) is 16.4 Å². The van der Waals surface area contributed by atoms with Gasteiger partial charge in [-0.1, -0.05) is 29.5 Å². The number of rotatable bonds is 5. The minimum absolute atomic E-state index is 0.155. The van der Waals surface area contributed by atoms with Crippen LogP contribution in [-0.2, 0) is 6.61 Å². The highest BCUT2D eigenvalue weighted by molar-refractivity contribution is 7.22. The van der Waals surface area contributed by atoms with Crippen LogP contribution in [0.1, 0.15) is 16.3 Å². The van der Waals surface area contributed by atoms with E-state index in [1.807, 2.05) is 30.3 Å². The molecule has 0 unspecified atom stereocenters. The average molecular weight is 368 g/mol. The van der Waals surface area contributed by atoms with Crippen LogP contribution in [0.5, 0.6) is 5.75 Å². The van der Waals surface area contributed by atoms with Gasteiger partial charge in [0.1, 0.15) is 23.9 Å². The maximum atomic E-state index is 13.2. The fourth-order valence-electron chi connectivity index (χ4n) is 2.36. The molecule has 1 amide bonds. The van der Waals surface area contributed by atoms with Crippen LogP contribution in [0.2, 0.25) is 0 Å². The molecule has 0 saturated heterocycles. The number of aromatic nitrogens is 1. The Morgan fingerprint density at radius 3 is 2.85 bits per heavy atom. The number of hydrogen-bond acceptors (Lipinski definition) is 5. The Labute approximate surface area is 152 Å². The lowest BCUT2D eigenvalue weighted by Gasteiger charge is -2.03. The van der Waals surface area contributed by atoms with Crippen LogP contribution in [0.15, 0.2) is 65.1 Å². The number of fused-ring (bicyclic) bond motifs is 1. The molecule has 1 N–H and O–H groups in total. The van der Waals surface area contributed by atoms with Crippen LogP contribution in [0.25, 0.3) is 10.2 Å². The summed E-state index contributed by atoms with van der Waals surface area (Å²) in [5, 5.41) is 3.05. The number of hydrogen-bond donors (Lipinski definition) is 1. The predicted molar refractivity (Wildman–Crippen MR) is 97.0 cm³/mol. The first kappa shape index (κ1) is 16.3. The van der Waals surface area contributed by atoms with Crippen LogP contribution in [-0.4, -0.2) is 10.9 Å². The van der Waals surface area contributed by atoms with Gasteiger partial charge in [0.05, 0.1) is 10.2 Å². The molecule has 0 fully saturated rings. The van der Waals surface area contributed by atoms with E-state index >= 15 is 0 Å². The molecular formula is C19H13FN2O3S. The van der Waals surface area contributed by atoms with Crippen molar-refractivity contribution in [3.8, 4) is 5.75 Å². The van der Waals surface area contributed by atoms with E-state index in [-0.39, 0.29) is 18.2 Å². The second kappa shape index (κ2) is 6.97. The molecule has 130 valence electrons. The number of nitrogens with zero attached hydrogens (tertiary/aromatic N) is 1. The van der Waals surface area contributed by atoms with Crippen molar-refractivity contribution in [2.45, 2.75) is 6.61 Å². The van der Waals surface area contributed by atoms with Crippen molar-refractivity contribution in [1.82, 2.24) is 4.98 Å². The quantitative estimate of drug-likeness (QED) is 0.546. The Balaban J connectivity index is 1.42. The Morgan fingerprint density at radius 2 is 2.00 bits per heavy atom. The summed E-state index contributed by atoms with van der Waals surface area (Å²) in [6.07, 6.45) is 0. The largest absolute Gasteiger partial charge is 0.486 e. The van der Waals surface area contributed by atoms with Crippen LogP contribution >= 0.6 is 11.3 Å². The van der Waals surface area contributed by atoms with Gasteiger partial charge in [-0.15, -0.1) is 0 Å². The Morgan fingerprint density at radius 1 is 1.15 bits per heavy atom. The topological polar surface area (TPSA) is 64.4 Å². The summed E-state index contributed by atoms with van der Waals surface area (Å²) in [5.74, 6) is 0.620. The fraction of sp³-hybridized carbons (Fsp3) is 0.0526. The van der Waals surface area contributed by atoms with Gasteiger partial charge in [-0.2, -0.15) is 0 Å². The number of carbonyl (C=O) groups is 1. The number of furan rings is 1. The summed E-state index contributed by atoms with van der Waals surface area (Å²) >= 11 is 1.27. The van der Waals surface area contributed by atoms with Gasteiger partial charge in [-0.05, 0) is 36.4 Å². The molecule has 2 aromatic heterocycles. The zero-order chi connectivity index (χ0) is 17.9. The summed E-state index contributed by atoms with van der Waals surface area (Å²) in [7, 11) is 0. The van der Waals surface area contributed by atoms with Gasteiger partial charge in [0, 0.05) is 6.07 Å². The van der Waals surface area contributed by atoms with Crippen molar-refractivity contribution in [3.63, 3.8) is 0 Å². The zero-order valence-corrected chi connectivity index (χ0v) is 14.3. The van der Waals surface area contributed by atoms with Gasteiger partial charge in [-0.3, -0.25) is 10.1 Å². The standard InChI is InChI=1S/C19H13FN2O3S/c20-12-6-9-17-15(10-12)21-19(26-17)22-18(23)16-8-7-14(25-16)11-24-13-4-2-1-3-5-13/h1-10H,11H2,(H,21,22,23). The number of carbonyl (C=O) groups excluding carboxylic acids is 1. The fourth-order valence-corrected chi connectivity index (χ4v) is 3.20. The van der Waals surface area contributed by atoms with E-state index < -0.39 is 5.91 Å². The number of ether oxygens (including phenoxy) is 1. The van der Waals surface area contributed by atoms with E-state index in [9.17, 15) is 9.18 Å². The van der Waals surface area contributed by atoms with Crippen molar-refractivity contribution >= 4 is 32.6 Å². The third-order valence-electron chi connectivity index (χ3n) is 3.58. The molecular weight excluding hydrogens is 355 g/mol. The van der Waals surface area contributed by atoms with E-state index in [1.54, 1.807) is 18.2 Å². The van der Waals surface area contributed by atoms with Crippen molar-refractivity contribution in [1.29, 1.82) is 0 Å². The number of halogens is 1. The van der Waals surface area contributed by atoms with Gasteiger partial charge in [0.2, 0.25) is 0 Å². The van der Waals surface area contributed by atoms with Crippen molar-refractivity contribution in [3.05, 3.63) is 78.0 Å². The summed E-state index contributed by atoms with van der Waals surface area (Å²) in [6, 6.07) is 16.9. The Hall–Kier alpha value is -3.19. The van der Waals surface area contributed by atoms with E-state index in [0.717, 1.165) is 10.4 Å². The monoisotopic (exact) mass is 368 g/mol. The molecule has 0 atom stereocenters. The van der Waals surface area contributed by atoms with E-state index in [2.05, 4.69) is 10.3 Å². The van der Waals surface area contributed by atoms with Crippen LogP contribution in [0, 0.1) is 5.82 Å². The Kier molecular flexibility index (Phi) is 4.37. The lowest BCUT2D eigenvalue weighted by atomic mass is 10.3. The summed E-state index contributed by atoms with van der Waals surface area (Å²) < 4.78 is 25.1. The Bertz CT molecular complexity index is 1060. The molecule has 0 radical (unpaired) electrons. The summed E-state index contributed by atoms with van der Waals surface area (Å²) in [6.45, 7) is 0.220. The van der Waals surface area contributed by atoms with Gasteiger partial charge in [-0.25, -0.2) is 9.37 Å². The molecule has 2 heterocycles. The molecule has 4 rings (SSSR count). The third-order valence-corrected chi connectivity index (χ3v) is 4.53. The lowest BCUT2D eigenvalue weighted by molar-refractivity contribution is 0.0992. The number of para-hydroxylation sites is 1. The van der Waals surface area contributed by atoms with Crippen LogP contribution < -0.4 is 10.1 Å². The second-order valence-electron chi connectivity index (χ2n) is 5.45. The van der Waals surface area contributed by atoms with Gasteiger partial charge in [0.15, 0.2) is 10.9 Å². The molecule has 5 nitrogen and oxygen atoms in total. The number of thiazole rings is 1. The zero-order valence-electron chi connectivity index (χ0n) is 13.4. The van der Waals surface area contributed by atoms with Crippen molar-refractivity contribution in [2.75, 3.05) is 5.32 Å². The molecule has 0 saturated carbocycles. The molecule has 4 aromatic rings. The minimum Gasteiger partial charge on any atom is -0.486 e. The van der Waals surface area contributed by atoms with Crippen LogP contribution in [0.4, 0.5) is 9.52 Å². The maximum Gasteiger partial charge on any atom is 0.293 e. The van der Waals surface area contributed by atoms with Crippen LogP contribution in [0.3, 0.4) is 0 Å². The summed E-state index contributed by atoms with van der Waals surface area (Å²) in [5.41, 5.74) is 0.502. The molecule has 0 aliphatic carbocycles. The molecule has 2 aromatic carbocycles. The number of amides is 1. The normalized spacial score (nSPS) is 10.8. The van der Waals surface area contributed by atoms with Gasteiger partial charge < -0.3 is 9.15 Å². The van der Waals surface area contributed by atoms with Gasteiger partial charge >= 0.3 is 0 Å². The highest BCUT2D eigenvalue weighted by Crippen LogP contribution is 2.27. The van der Waals surface area contributed by atoms with Gasteiger partial charge in [0.25, 0.3) is 5.91 Å². The van der Waals surface area contributed by atoms with E-state index in [4.69, 9.17) is 9.15 Å². The lowest BCUT2D eigenvalue weighted by Crippen LogP contribution is -2.10. The predicted octanol–water partition coefficient (Wildman–Crippen LogP) is 4.86. The number of benzene rings is 2. The number of nitrogens with one attached hydrogen (secondary N) is 1. The minimum atomic E-state index is -0.421. The first-order chi connectivity index (χ1) is 12.7. The molecule has 0 aliphatic heterocycles.